The molecule has 3 aromatic rings. The zero-order valence-electron chi connectivity index (χ0n) is 19.7. The summed E-state index contributed by atoms with van der Waals surface area (Å²) in [7, 11) is 4.75. The molecule has 3 rings (SSSR count). The zero-order chi connectivity index (χ0) is 27.8. The van der Waals surface area contributed by atoms with E-state index in [-0.39, 0.29) is 30.7 Å². The molecule has 0 fully saturated rings. The van der Waals surface area contributed by atoms with E-state index >= 15 is 0 Å². The Hall–Kier alpha value is -3.36. The monoisotopic (exact) mass is 540 g/mol. The Balaban J connectivity index is 2.10. The summed E-state index contributed by atoms with van der Waals surface area (Å²) in [5, 5.41) is 11.3. The largest absolute Gasteiger partial charge is 0.416 e. The Morgan fingerprint density at radius 3 is 1.73 bits per heavy atom. The van der Waals surface area contributed by atoms with Gasteiger partial charge in [0.05, 0.1) is 23.7 Å². The molecule has 0 amide bonds. The summed E-state index contributed by atoms with van der Waals surface area (Å²) in [6, 6.07) is 4.14. The van der Waals surface area contributed by atoms with Gasteiger partial charge in [0.15, 0.2) is 0 Å². The van der Waals surface area contributed by atoms with Crippen molar-refractivity contribution in [2.24, 2.45) is 7.05 Å². The van der Waals surface area contributed by atoms with Gasteiger partial charge in [-0.25, -0.2) is 0 Å². The molecule has 6 nitrogen and oxygen atoms in total. The van der Waals surface area contributed by atoms with E-state index < -0.39 is 47.3 Å². The van der Waals surface area contributed by atoms with Crippen molar-refractivity contribution in [3.63, 3.8) is 0 Å². The fraction of sp³-hybridized carbons (Fsp3) is 0.409. The summed E-state index contributed by atoms with van der Waals surface area (Å²) in [5.74, 6) is -0.193. The lowest BCUT2D eigenvalue weighted by Crippen LogP contribution is -2.26. The first-order valence-corrected chi connectivity index (χ1v) is 10.5. The average molecular weight is 540 g/mol. The van der Waals surface area contributed by atoms with Crippen molar-refractivity contribution in [2.75, 3.05) is 19.0 Å². The van der Waals surface area contributed by atoms with Crippen molar-refractivity contribution in [2.45, 2.75) is 38.2 Å². The third kappa shape index (κ3) is 7.33. The predicted octanol–water partition coefficient (Wildman–Crippen LogP) is 5.53. The number of rotatable bonds is 7. The average Bonchev–Trinajstić information content (AvgIpc) is 3.18. The van der Waals surface area contributed by atoms with Gasteiger partial charge < -0.3 is 9.80 Å². The molecule has 0 saturated carbocycles. The highest BCUT2D eigenvalue weighted by Gasteiger charge is 2.37. The number of aryl methyl sites for hydroxylation is 1. The summed E-state index contributed by atoms with van der Waals surface area (Å²) >= 11 is 0. The molecule has 1 aromatic heterocycles. The molecular formula is C22H21F9N6. The minimum atomic E-state index is -5.06. The van der Waals surface area contributed by atoms with Crippen LogP contribution in [0, 0.1) is 0 Å². The minimum Gasteiger partial charge on any atom is -0.330 e. The number of benzene rings is 2. The topological polar surface area (TPSA) is 50.1 Å². The quantitative estimate of drug-likeness (QED) is 0.369. The van der Waals surface area contributed by atoms with Crippen LogP contribution in [0.1, 0.15) is 33.4 Å². The van der Waals surface area contributed by atoms with Gasteiger partial charge in [-0.2, -0.15) is 44.3 Å². The maximum Gasteiger partial charge on any atom is 0.416 e. The van der Waals surface area contributed by atoms with Crippen LogP contribution in [0.4, 0.5) is 45.5 Å². The molecule has 0 N–H and O–H groups in total. The standard InChI is InChI=1S/C22H21F9N6/c1-35(2)11-14-4-5-16(20(23,24)25)8-15(14)12-37(19-32-34-36(3)33-19)10-13-6-17(21(26,27)28)9-18(7-13)22(29,30)31/h4-9H,10-12H2,1-3H3. The van der Waals surface area contributed by atoms with Crippen LogP contribution in [-0.2, 0) is 45.2 Å². The second kappa shape index (κ2) is 10.2. The van der Waals surface area contributed by atoms with E-state index in [1.165, 1.54) is 13.1 Å². The Bertz CT molecular complexity index is 1200. The van der Waals surface area contributed by atoms with E-state index in [9.17, 15) is 39.5 Å². The summed E-state index contributed by atoms with van der Waals surface area (Å²) in [5.41, 5.74) is -3.79. The van der Waals surface area contributed by atoms with Gasteiger partial charge in [-0.05, 0) is 66.3 Å². The van der Waals surface area contributed by atoms with E-state index in [2.05, 4.69) is 15.4 Å². The van der Waals surface area contributed by atoms with Crippen molar-refractivity contribution in [3.05, 3.63) is 69.8 Å². The summed E-state index contributed by atoms with van der Waals surface area (Å²) < 4.78 is 120. The lowest BCUT2D eigenvalue weighted by atomic mass is 10.0. The predicted molar refractivity (Wildman–Crippen MR) is 114 cm³/mol. The molecule has 37 heavy (non-hydrogen) atoms. The molecule has 0 bridgehead atoms. The van der Waals surface area contributed by atoms with E-state index in [1.807, 2.05) is 0 Å². The molecular weight excluding hydrogens is 519 g/mol. The molecule has 0 saturated heterocycles. The van der Waals surface area contributed by atoms with Gasteiger partial charge in [-0.3, -0.25) is 0 Å². The number of nitrogens with zero attached hydrogens (tertiary/aromatic N) is 6. The third-order valence-electron chi connectivity index (χ3n) is 5.18. The zero-order valence-corrected chi connectivity index (χ0v) is 19.7. The van der Waals surface area contributed by atoms with Crippen molar-refractivity contribution in [3.8, 4) is 0 Å². The first-order chi connectivity index (χ1) is 16.9. The first kappa shape index (κ1) is 28.2. The summed E-state index contributed by atoms with van der Waals surface area (Å²) in [4.78, 5) is 3.86. The van der Waals surface area contributed by atoms with E-state index in [0.717, 1.165) is 21.8 Å². The number of hydrogen-bond acceptors (Lipinski definition) is 5. The first-order valence-electron chi connectivity index (χ1n) is 10.5. The second-order valence-electron chi connectivity index (χ2n) is 8.57. The maximum atomic E-state index is 13.4. The maximum absolute atomic E-state index is 13.4. The number of aromatic nitrogens is 4. The molecule has 0 radical (unpaired) electrons. The number of hydrogen-bond donors (Lipinski definition) is 0. The van der Waals surface area contributed by atoms with Gasteiger partial charge in [0.1, 0.15) is 0 Å². The lowest BCUT2D eigenvalue weighted by molar-refractivity contribution is -0.143. The lowest BCUT2D eigenvalue weighted by Gasteiger charge is -2.25. The van der Waals surface area contributed by atoms with Crippen molar-refractivity contribution in [1.29, 1.82) is 0 Å². The molecule has 0 unspecified atom stereocenters. The normalized spacial score (nSPS) is 12.9. The van der Waals surface area contributed by atoms with Gasteiger partial charge in [-0.15, -0.1) is 5.10 Å². The Morgan fingerprint density at radius 1 is 0.703 bits per heavy atom. The van der Waals surface area contributed by atoms with Crippen molar-refractivity contribution < 1.29 is 39.5 Å². The van der Waals surface area contributed by atoms with Crippen LogP contribution in [0.15, 0.2) is 36.4 Å². The Labute approximate surface area is 205 Å². The minimum absolute atomic E-state index is 0.00357. The molecule has 2 aromatic carbocycles. The molecule has 15 heteroatoms. The smallest absolute Gasteiger partial charge is 0.330 e. The van der Waals surface area contributed by atoms with Gasteiger partial charge in [-0.1, -0.05) is 11.2 Å². The molecule has 0 spiro atoms. The van der Waals surface area contributed by atoms with Crippen LogP contribution in [0.3, 0.4) is 0 Å². The van der Waals surface area contributed by atoms with Gasteiger partial charge in [0.25, 0.3) is 5.95 Å². The number of anilines is 1. The molecule has 0 aliphatic heterocycles. The van der Waals surface area contributed by atoms with E-state index in [1.54, 1.807) is 19.0 Å². The molecule has 202 valence electrons. The molecule has 0 atom stereocenters. The summed E-state index contributed by atoms with van der Waals surface area (Å²) in [6.07, 6.45) is -14.8. The van der Waals surface area contributed by atoms with Crippen molar-refractivity contribution >= 4 is 5.95 Å². The molecule has 0 aliphatic rings. The van der Waals surface area contributed by atoms with Gasteiger partial charge in [0, 0.05) is 19.6 Å². The molecule has 0 aliphatic carbocycles. The Kier molecular flexibility index (Phi) is 7.77. The van der Waals surface area contributed by atoms with Crippen LogP contribution >= 0.6 is 0 Å². The van der Waals surface area contributed by atoms with Crippen LogP contribution in [0.25, 0.3) is 0 Å². The van der Waals surface area contributed by atoms with E-state index in [0.29, 0.717) is 17.7 Å². The van der Waals surface area contributed by atoms with E-state index in [4.69, 9.17) is 0 Å². The number of tetrazole rings is 1. The number of halogens is 9. The van der Waals surface area contributed by atoms with Gasteiger partial charge in [0.2, 0.25) is 0 Å². The van der Waals surface area contributed by atoms with Gasteiger partial charge >= 0.3 is 18.5 Å². The van der Waals surface area contributed by atoms with Crippen LogP contribution in [0.2, 0.25) is 0 Å². The summed E-state index contributed by atoms with van der Waals surface area (Å²) in [6.45, 7) is -0.705. The second-order valence-corrected chi connectivity index (χ2v) is 8.57. The van der Waals surface area contributed by atoms with Crippen molar-refractivity contribution in [1.82, 2.24) is 25.1 Å². The highest BCUT2D eigenvalue weighted by Crippen LogP contribution is 2.37. The van der Waals surface area contributed by atoms with Crippen LogP contribution in [-0.4, -0.2) is 39.2 Å². The SMILES string of the molecule is CN(C)Cc1ccc(C(F)(F)F)cc1CN(Cc1cc(C(F)(F)F)cc(C(F)(F)F)c1)c1nnn(C)n1. The van der Waals surface area contributed by atoms with Crippen LogP contribution in [0.5, 0.6) is 0 Å². The Morgan fingerprint density at radius 2 is 1.27 bits per heavy atom. The number of alkyl halides is 9. The molecule has 1 heterocycles. The fourth-order valence-electron chi connectivity index (χ4n) is 3.58. The van der Waals surface area contributed by atoms with Crippen LogP contribution < -0.4 is 4.90 Å². The fourth-order valence-corrected chi connectivity index (χ4v) is 3.58. The highest BCUT2D eigenvalue weighted by molar-refractivity contribution is 5.41. The third-order valence-corrected chi connectivity index (χ3v) is 5.18. The highest BCUT2D eigenvalue weighted by atomic mass is 19.4.